The van der Waals surface area contributed by atoms with Crippen LogP contribution in [0.4, 0.5) is 0 Å². The van der Waals surface area contributed by atoms with E-state index in [9.17, 15) is 9.90 Å². The lowest BCUT2D eigenvalue weighted by molar-refractivity contribution is -0.301. The third-order valence-electron chi connectivity index (χ3n) is 0.239. The summed E-state index contributed by atoms with van der Waals surface area (Å²) in [5.41, 5.74) is 0. The summed E-state index contributed by atoms with van der Waals surface area (Å²) in [4.78, 5) is 17.5. The predicted molar refractivity (Wildman–Crippen MR) is 25.8 cm³/mol. The fraction of sp³-hybridized carbons (Fsp3) is 0. The van der Waals surface area contributed by atoms with Gasteiger partial charge in [-0.05, 0) is 11.8 Å². The van der Waals surface area contributed by atoms with E-state index in [0.717, 1.165) is 0 Å². The Bertz CT molecular complexity index is 133. The van der Waals surface area contributed by atoms with E-state index in [1.54, 1.807) is 0 Å². The average molecular weight is 129 g/mol. The first kappa shape index (κ1) is 10.4. The van der Waals surface area contributed by atoms with Crippen LogP contribution < -0.4 is 5.11 Å². The van der Waals surface area contributed by atoms with Crippen molar-refractivity contribution in [2.75, 3.05) is 0 Å². The van der Waals surface area contributed by atoms with Crippen molar-refractivity contribution in [2.24, 2.45) is 0 Å². The molecule has 0 atom stereocenters. The SMILES string of the molecule is C=C([O-])C(=O)O.[N-]=C=O. The van der Waals surface area contributed by atoms with Gasteiger partial charge in [0.1, 0.15) is 0 Å². The van der Waals surface area contributed by atoms with Crippen LogP contribution in [0.15, 0.2) is 12.3 Å². The third-order valence-corrected chi connectivity index (χ3v) is 0.239. The van der Waals surface area contributed by atoms with E-state index in [0.29, 0.717) is 6.08 Å². The van der Waals surface area contributed by atoms with Crippen LogP contribution in [0.5, 0.6) is 0 Å². The Labute approximate surface area is 50.7 Å². The number of carboxylic acid groups (broad SMARTS) is 1. The van der Waals surface area contributed by atoms with E-state index < -0.39 is 11.7 Å². The minimum atomic E-state index is -1.49. The van der Waals surface area contributed by atoms with Crippen molar-refractivity contribution in [1.82, 2.24) is 0 Å². The van der Waals surface area contributed by atoms with Gasteiger partial charge in [0.05, 0.1) is 0 Å². The maximum absolute atomic E-state index is 9.43. The zero-order valence-corrected chi connectivity index (χ0v) is 4.33. The van der Waals surface area contributed by atoms with E-state index in [4.69, 9.17) is 15.3 Å². The molecule has 0 amide bonds. The van der Waals surface area contributed by atoms with Crippen LogP contribution in [-0.2, 0) is 9.59 Å². The van der Waals surface area contributed by atoms with Gasteiger partial charge < -0.3 is 15.6 Å². The Hall–Kier alpha value is -1.61. The highest BCUT2D eigenvalue weighted by Crippen LogP contribution is 1.68. The first-order valence-electron chi connectivity index (χ1n) is 1.66. The molecule has 0 bridgehead atoms. The fourth-order valence-corrected chi connectivity index (χ4v) is 0. The third kappa shape index (κ3) is 21.6. The predicted octanol–water partition coefficient (Wildman–Crippen LogP) is -1.16. The molecule has 0 saturated carbocycles. The van der Waals surface area contributed by atoms with Crippen LogP contribution in [0.2, 0.25) is 0 Å². The Morgan fingerprint density at radius 1 is 1.78 bits per heavy atom. The summed E-state index contributed by atoms with van der Waals surface area (Å²) in [6.07, 6.45) is 0.500. The first-order chi connectivity index (χ1) is 4.06. The number of rotatable bonds is 1. The zero-order chi connectivity index (χ0) is 7.86. The molecule has 0 heterocycles. The Morgan fingerprint density at radius 3 is 1.89 bits per heavy atom. The molecule has 0 saturated heterocycles. The van der Waals surface area contributed by atoms with Gasteiger partial charge in [-0.1, -0.05) is 6.58 Å². The number of carbonyl (C=O) groups is 1. The smallest absolute Gasteiger partial charge is 0.319 e. The zero-order valence-electron chi connectivity index (χ0n) is 4.33. The summed E-state index contributed by atoms with van der Waals surface area (Å²) in [7, 11) is 0. The maximum atomic E-state index is 9.43. The number of isocyanates is 1. The fourth-order valence-electron chi connectivity index (χ4n) is 0. The monoisotopic (exact) mass is 129 g/mol. The molecule has 0 fully saturated rings. The number of nitrogens with zero attached hydrogens (tertiary/aromatic N) is 1. The molecule has 5 heteroatoms. The lowest BCUT2D eigenvalue weighted by atomic mass is 10.6. The summed E-state index contributed by atoms with van der Waals surface area (Å²) in [6.45, 7) is 2.60. The molecular formula is C4H3NO4-2. The summed E-state index contributed by atoms with van der Waals surface area (Å²) in [5.74, 6) is -2.56. The van der Waals surface area contributed by atoms with E-state index in [1.807, 2.05) is 0 Å². The van der Waals surface area contributed by atoms with Crippen molar-refractivity contribution in [3.8, 4) is 0 Å². The molecule has 0 radical (unpaired) electrons. The average Bonchev–Trinajstić information content (AvgIpc) is 1.68. The molecule has 0 spiro atoms. The van der Waals surface area contributed by atoms with Gasteiger partial charge in [0.15, 0.2) is 0 Å². The van der Waals surface area contributed by atoms with Crippen molar-refractivity contribution in [3.05, 3.63) is 17.7 Å². The Kier molecular flexibility index (Phi) is 7.37. The number of aliphatic carboxylic acids is 1. The van der Waals surface area contributed by atoms with Crippen molar-refractivity contribution >= 4 is 12.0 Å². The van der Waals surface area contributed by atoms with E-state index >= 15 is 0 Å². The van der Waals surface area contributed by atoms with E-state index in [-0.39, 0.29) is 0 Å². The minimum Gasteiger partial charge on any atom is -0.868 e. The van der Waals surface area contributed by atoms with Crippen LogP contribution >= 0.6 is 0 Å². The van der Waals surface area contributed by atoms with Crippen LogP contribution in [0.1, 0.15) is 0 Å². The van der Waals surface area contributed by atoms with Gasteiger partial charge >= 0.3 is 5.97 Å². The molecule has 50 valence electrons. The van der Waals surface area contributed by atoms with Crippen LogP contribution in [0, 0.1) is 0 Å². The minimum absolute atomic E-state index is 0.500. The molecular weight excluding hydrogens is 126 g/mol. The molecule has 0 aromatic carbocycles. The second-order valence-electron chi connectivity index (χ2n) is 0.820. The normalized spacial score (nSPS) is 5.78. The summed E-state index contributed by atoms with van der Waals surface area (Å²) in [6, 6.07) is 0. The summed E-state index contributed by atoms with van der Waals surface area (Å²) >= 11 is 0. The van der Waals surface area contributed by atoms with Crippen molar-refractivity contribution in [1.29, 1.82) is 0 Å². The molecule has 1 N–H and O–H groups in total. The number of hydrogen-bond donors (Lipinski definition) is 1. The highest BCUT2D eigenvalue weighted by Gasteiger charge is 1.82. The molecule has 5 nitrogen and oxygen atoms in total. The summed E-state index contributed by atoms with van der Waals surface area (Å²) in [5, 5.41) is 23.8. The number of hydrogen-bond acceptors (Lipinski definition) is 3. The molecule has 0 aromatic rings. The molecule has 9 heavy (non-hydrogen) atoms. The Balaban J connectivity index is 0. The van der Waals surface area contributed by atoms with Crippen molar-refractivity contribution in [3.63, 3.8) is 0 Å². The summed E-state index contributed by atoms with van der Waals surface area (Å²) < 4.78 is 0. The lowest BCUT2D eigenvalue weighted by Gasteiger charge is -1.96. The molecule has 0 aromatic heterocycles. The maximum Gasteiger partial charge on any atom is 0.319 e. The second-order valence-corrected chi connectivity index (χ2v) is 0.820. The van der Waals surface area contributed by atoms with Crippen LogP contribution in [-0.4, -0.2) is 17.2 Å². The molecule has 0 rings (SSSR count). The molecule has 0 aliphatic rings. The molecule has 0 aliphatic heterocycles. The van der Waals surface area contributed by atoms with E-state index in [1.165, 1.54) is 0 Å². The van der Waals surface area contributed by atoms with Crippen molar-refractivity contribution in [2.45, 2.75) is 0 Å². The van der Waals surface area contributed by atoms with Gasteiger partial charge in [0, 0.05) is 0 Å². The van der Waals surface area contributed by atoms with Crippen LogP contribution in [0.3, 0.4) is 0 Å². The molecule has 0 unspecified atom stereocenters. The van der Waals surface area contributed by atoms with Gasteiger partial charge in [0.25, 0.3) is 0 Å². The van der Waals surface area contributed by atoms with Gasteiger partial charge in [-0.15, -0.1) is 0 Å². The number of carboxylic acids is 1. The largest absolute Gasteiger partial charge is 0.868 e. The Morgan fingerprint density at radius 2 is 1.89 bits per heavy atom. The van der Waals surface area contributed by atoms with E-state index in [2.05, 4.69) is 6.58 Å². The molecule has 0 aliphatic carbocycles. The van der Waals surface area contributed by atoms with Crippen LogP contribution in [0.25, 0.3) is 5.41 Å². The first-order valence-corrected chi connectivity index (χ1v) is 1.66. The standard InChI is InChI=1S/C3H4O3.CNO/c1-2(4)3(5)6;2-1-3/h4H,1H2,(H,5,6);/q;-1/p-1. The quantitative estimate of drug-likeness (QED) is 0.209. The number of carbonyl (C=O) groups excluding carboxylic acids is 1. The van der Waals surface area contributed by atoms with Gasteiger partial charge in [0.2, 0.25) is 0 Å². The van der Waals surface area contributed by atoms with Gasteiger partial charge in [-0.3, -0.25) is 4.79 Å². The highest BCUT2D eigenvalue weighted by molar-refractivity contribution is 5.82. The van der Waals surface area contributed by atoms with Gasteiger partial charge in [-0.25, -0.2) is 4.79 Å². The lowest BCUT2D eigenvalue weighted by Crippen LogP contribution is -2.11. The topological polar surface area (TPSA) is 99.7 Å². The highest BCUT2D eigenvalue weighted by atomic mass is 16.4. The van der Waals surface area contributed by atoms with Crippen molar-refractivity contribution < 1.29 is 19.8 Å². The van der Waals surface area contributed by atoms with Gasteiger partial charge in [-0.2, -0.15) is 0 Å². The second kappa shape index (κ2) is 6.39.